The molecular formula is C23H20N2O5S2. The molecule has 0 radical (unpaired) electrons. The molecule has 0 unspecified atom stereocenters. The standard InChI is InChI=1S/C23H20N2O5S2/c1-4-30-22(29)20-13(3)24-23(32-20)25-17(15-6-5-11-31-15)16(19(27)21(25)28)18(26)14-9-7-12(2)8-10-14/h5-11,27-28H,4H2,1-3H3. The van der Waals surface area contributed by atoms with Gasteiger partial charge in [0.05, 0.1) is 28.4 Å². The Kier molecular flexibility index (Phi) is 5.86. The van der Waals surface area contributed by atoms with E-state index in [1.807, 2.05) is 30.5 Å². The van der Waals surface area contributed by atoms with Crippen LogP contribution in [0, 0.1) is 13.8 Å². The van der Waals surface area contributed by atoms with Gasteiger partial charge in [-0.3, -0.25) is 9.36 Å². The SMILES string of the molecule is CCOC(=O)c1sc(-n2c(O)c(O)c(C(=O)c3ccc(C)cc3)c2-c2cccs2)nc1C. The maximum Gasteiger partial charge on any atom is 0.350 e. The quantitative estimate of drug-likeness (QED) is 0.302. The topological polar surface area (TPSA) is 102 Å². The number of aromatic nitrogens is 2. The van der Waals surface area contributed by atoms with Gasteiger partial charge in [-0.1, -0.05) is 47.2 Å². The Morgan fingerprint density at radius 2 is 1.84 bits per heavy atom. The molecule has 1 aromatic carbocycles. The number of thiazole rings is 1. The number of aromatic hydroxyl groups is 2. The Bertz CT molecular complexity index is 1300. The van der Waals surface area contributed by atoms with E-state index in [0.29, 0.717) is 21.8 Å². The summed E-state index contributed by atoms with van der Waals surface area (Å²) in [4.78, 5) is 31.0. The number of hydrogen-bond donors (Lipinski definition) is 2. The second-order valence-electron chi connectivity index (χ2n) is 7.04. The number of ether oxygens (including phenoxy) is 1. The Morgan fingerprint density at radius 1 is 1.12 bits per heavy atom. The lowest BCUT2D eigenvalue weighted by molar-refractivity contribution is 0.0531. The average molecular weight is 469 g/mol. The highest BCUT2D eigenvalue weighted by Crippen LogP contribution is 2.46. The van der Waals surface area contributed by atoms with Crippen molar-refractivity contribution in [2.75, 3.05) is 6.61 Å². The maximum atomic E-state index is 13.4. The van der Waals surface area contributed by atoms with Crippen LogP contribution in [0.1, 0.15) is 43.8 Å². The smallest absolute Gasteiger partial charge is 0.350 e. The molecule has 2 N–H and O–H groups in total. The van der Waals surface area contributed by atoms with Crippen LogP contribution in [0.4, 0.5) is 0 Å². The van der Waals surface area contributed by atoms with Gasteiger partial charge in [0.15, 0.2) is 16.7 Å². The van der Waals surface area contributed by atoms with E-state index in [0.717, 1.165) is 16.9 Å². The van der Waals surface area contributed by atoms with E-state index in [4.69, 9.17) is 4.74 Å². The number of nitrogens with zero attached hydrogens (tertiary/aromatic N) is 2. The number of hydrogen-bond acceptors (Lipinski definition) is 8. The van der Waals surface area contributed by atoms with Gasteiger partial charge < -0.3 is 14.9 Å². The first-order chi connectivity index (χ1) is 15.3. The van der Waals surface area contributed by atoms with E-state index < -0.39 is 23.4 Å². The molecule has 3 heterocycles. The van der Waals surface area contributed by atoms with Gasteiger partial charge in [0.25, 0.3) is 0 Å². The van der Waals surface area contributed by atoms with Crippen LogP contribution in [0.5, 0.6) is 11.6 Å². The van der Waals surface area contributed by atoms with Crippen molar-refractivity contribution in [1.29, 1.82) is 0 Å². The number of aryl methyl sites for hydroxylation is 2. The molecule has 0 atom stereocenters. The van der Waals surface area contributed by atoms with Gasteiger partial charge in [-0.15, -0.1) is 11.3 Å². The number of carbonyl (C=O) groups is 2. The minimum atomic E-state index is -0.537. The monoisotopic (exact) mass is 468 g/mol. The fraction of sp³-hybridized carbons (Fsp3) is 0.174. The maximum absolute atomic E-state index is 13.4. The minimum absolute atomic E-state index is 0.0284. The molecule has 4 rings (SSSR count). The molecule has 9 heteroatoms. The lowest BCUT2D eigenvalue weighted by Crippen LogP contribution is -2.04. The van der Waals surface area contributed by atoms with Gasteiger partial charge in [0.1, 0.15) is 4.88 Å². The molecule has 0 spiro atoms. The third kappa shape index (κ3) is 3.69. The highest BCUT2D eigenvalue weighted by Gasteiger charge is 2.32. The summed E-state index contributed by atoms with van der Waals surface area (Å²) in [5.41, 5.74) is 2.08. The van der Waals surface area contributed by atoms with E-state index in [-0.39, 0.29) is 22.2 Å². The van der Waals surface area contributed by atoms with Gasteiger partial charge in [-0.05, 0) is 32.2 Å². The predicted molar refractivity (Wildman–Crippen MR) is 123 cm³/mol. The number of esters is 1. The zero-order valence-electron chi connectivity index (χ0n) is 17.6. The highest BCUT2D eigenvalue weighted by atomic mass is 32.1. The molecular weight excluding hydrogens is 448 g/mol. The van der Waals surface area contributed by atoms with Gasteiger partial charge in [-0.25, -0.2) is 9.78 Å². The van der Waals surface area contributed by atoms with Crippen molar-refractivity contribution in [3.63, 3.8) is 0 Å². The van der Waals surface area contributed by atoms with E-state index in [9.17, 15) is 19.8 Å². The summed E-state index contributed by atoms with van der Waals surface area (Å²) < 4.78 is 6.39. The molecule has 7 nitrogen and oxygen atoms in total. The molecule has 0 saturated heterocycles. The van der Waals surface area contributed by atoms with Crippen molar-refractivity contribution in [2.24, 2.45) is 0 Å². The molecule has 0 aliphatic carbocycles. The van der Waals surface area contributed by atoms with E-state index in [1.165, 1.54) is 15.9 Å². The van der Waals surface area contributed by atoms with E-state index in [1.54, 1.807) is 32.0 Å². The lowest BCUT2D eigenvalue weighted by atomic mass is 10.0. The fourth-order valence-electron chi connectivity index (χ4n) is 3.31. The van der Waals surface area contributed by atoms with Crippen LogP contribution >= 0.6 is 22.7 Å². The summed E-state index contributed by atoms with van der Waals surface area (Å²) in [6.45, 7) is 5.51. The van der Waals surface area contributed by atoms with E-state index in [2.05, 4.69) is 4.98 Å². The Balaban J connectivity index is 1.94. The summed E-state index contributed by atoms with van der Waals surface area (Å²) in [7, 11) is 0. The van der Waals surface area contributed by atoms with Crippen molar-refractivity contribution >= 4 is 34.4 Å². The Labute approximate surface area is 192 Å². The third-order valence-corrected chi connectivity index (χ3v) is 6.85. The van der Waals surface area contributed by atoms with Crippen LogP contribution in [-0.2, 0) is 4.74 Å². The molecule has 4 aromatic rings. The molecule has 0 aliphatic rings. The summed E-state index contributed by atoms with van der Waals surface area (Å²) in [5, 5.41) is 23.7. The van der Waals surface area contributed by atoms with Crippen molar-refractivity contribution in [3.8, 4) is 27.3 Å². The van der Waals surface area contributed by atoms with Gasteiger partial charge in [0, 0.05) is 5.56 Å². The predicted octanol–water partition coefficient (Wildman–Crippen LogP) is 5.10. The van der Waals surface area contributed by atoms with E-state index >= 15 is 0 Å². The van der Waals surface area contributed by atoms with Crippen molar-refractivity contribution in [2.45, 2.75) is 20.8 Å². The Morgan fingerprint density at radius 3 is 2.47 bits per heavy atom. The normalized spacial score (nSPS) is 11.0. The zero-order chi connectivity index (χ0) is 23.0. The summed E-state index contributed by atoms with van der Waals surface area (Å²) in [6.07, 6.45) is 0. The largest absolute Gasteiger partial charge is 0.503 e. The first-order valence-corrected chi connectivity index (χ1v) is 11.5. The minimum Gasteiger partial charge on any atom is -0.503 e. The highest BCUT2D eigenvalue weighted by molar-refractivity contribution is 7.16. The van der Waals surface area contributed by atoms with Gasteiger partial charge in [0.2, 0.25) is 5.88 Å². The molecule has 3 aromatic heterocycles. The van der Waals surface area contributed by atoms with Gasteiger partial charge in [-0.2, -0.15) is 0 Å². The summed E-state index contributed by atoms with van der Waals surface area (Å²) >= 11 is 2.37. The molecule has 0 aliphatic heterocycles. The average Bonchev–Trinajstić information content (AvgIpc) is 3.48. The zero-order valence-corrected chi connectivity index (χ0v) is 19.2. The van der Waals surface area contributed by atoms with Crippen molar-refractivity contribution in [3.05, 3.63) is 69.0 Å². The van der Waals surface area contributed by atoms with Gasteiger partial charge >= 0.3 is 5.97 Å². The van der Waals surface area contributed by atoms with Crippen LogP contribution < -0.4 is 0 Å². The second-order valence-corrected chi connectivity index (χ2v) is 8.96. The van der Waals surface area contributed by atoms with Crippen LogP contribution in [0.15, 0.2) is 41.8 Å². The second kappa shape index (κ2) is 8.60. The van der Waals surface area contributed by atoms with Crippen molar-refractivity contribution in [1.82, 2.24) is 9.55 Å². The lowest BCUT2D eigenvalue weighted by Gasteiger charge is -2.07. The Hall–Kier alpha value is -3.43. The number of ketones is 1. The number of thiophene rings is 1. The van der Waals surface area contributed by atoms with Crippen molar-refractivity contribution < 1.29 is 24.5 Å². The molecule has 0 bridgehead atoms. The molecule has 32 heavy (non-hydrogen) atoms. The van der Waals surface area contributed by atoms with Crippen LogP contribution in [0.3, 0.4) is 0 Å². The summed E-state index contributed by atoms with van der Waals surface area (Å²) in [6, 6.07) is 10.6. The fourth-order valence-corrected chi connectivity index (χ4v) is 5.04. The number of carbonyl (C=O) groups excluding carboxylic acids is 2. The van der Waals surface area contributed by atoms with Crippen LogP contribution in [0.25, 0.3) is 15.7 Å². The number of benzene rings is 1. The van der Waals surface area contributed by atoms with Crippen LogP contribution in [0.2, 0.25) is 0 Å². The first kappa shape index (κ1) is 21.8. The third-order valence-electron chi connectivity index (χ3n) is 4.85. The number of rotatable bonds is 6. The molecule has 0 fully saturated rings. The molecule has 0 amide bonds. The van der Waals surface area contributed by atoms with Crippen LogP contribution in [-0.4, -0.2) is 38.1 Å². The first-order valence-electron chi connectivity index (χ1n) is 9.80. The molecule has 0 saturated carbocycles. The summed E-state index contributed by atoms with van der Waals surface area (Å²) in [5.74, 6) is -2.00. The molecule has 164 valence electrons.